The molecule has 0 aromatic rings. The first-order valence-corrected chi connectivity index (χ1v) is 5.93. The average molecular weight is 267 g/mol. The van der Waals surface area contributed by atoms with Crippen LogP contribution in [-0.2, 0) is 14.2 Å². The Bertz CT molecular complexity index is 85.4. The second kappa shape index (κ2) is 6.22. The van der Waals surface area contributed by atoms with Crippen molar-refractivity contribution in [3.8, 4) is 0 Å². The first kappa shape index (κ1) is 11.7. The zero-order valence-corrected chi connectivity index (χ0v) is 10.7. The van der Waals surface area contributed by atoms with Gasteiger partial charge in [-0.25, -0.2) is 0 Å². The molecule has 0 amide bonds. The number of hydrogen-bond donors (Lipinski definition) is 0. The molecule has 66 valence electrons. The Morgan fingerprint density at radius 2 is 1.55 bits per heavy atom. The van der Waals surface area contributed by atoms with Gasteiger partial charge in [0.15, 0.2) is 0 Å². The van der Waals surface area contributed by atoms with Gasteiger partial charge in [0, 0.05) is 0 Å². The molecule has 0 bridgehead atoms. The molecule has 4 heteroatoms. The van der Waals surface area contributed by atoms with E-state index in [9.17, 15) is 0 Å². The second-order valence-corrected chi connectivity index (χ2v) is 3.84. The molecule has 0 aliphatic heterocycles. The fourth-order valence-electron chi connectivity index (χ4n) is 0.875. The molecule has 0 aromatic heterocycles. The van der Waals surface area contributed by atoms with Gasteiger partial charge in [0.25, 0.3) is 0 Å². The summed E-state index contributed by atoms with van der Waals surface area (Å²) >= 11 is 1.28. The van der Waals surface area contributed by atoms with Gasteiger partial charge in [-0.15, -0.1) is 0 Å². The van der Waals surface area contributed by atoms with Crippen molar-refractivity contribution in [2.75, 3.05) is 21.3 Å². The molecular formula is C7H16O3Sn. The van der Waals surface area contributed by atoms with E-state index in [1.807, 2.05) is 0 Å². The van der Waals surface area contributed by atoms with E-state index >= 15 is 0 Å². The molecule has 0 heterocycles. The van der Waals surface area contributed by atoms with Crippen LogP contribution < -0.4 is 0 Å². The molecule has 0 aromatic carbocycles. The van der Waals surface area contributed by atoms with Crippen LogP contribution >= 0.6 is 0 Å². The molecule has 0 aliphatic carbocycles. The Balaban J connectivity index is 3.84. The second-order valence-electron chi connectivity index (χ2n) is 2.19. The van der Waals surface area contributed by atoms with Gasteiger partial charge in [-0.3, -0.25) is 0 Å². The van der Waals surface area contributed by atoms with Crippen molar-refractivity contribution >= 4 is 22.5 Å². The summed E-state index contributed by atoms with van der Waals surface area (Å²) in [6.45, 7) is 0. The fourth-order valence-corrected chi connectivity index (χ4v) is 1.46. The SMILES string of the molecule is COC(CC[CH2][SnH])(OC)OC. The molecular weight excluding hydrogens is 251 g/mol. The minimum atomic E-state index is -0.803. The Kier molecular flexibility index (Phi) is 6.61. The summed E-state index contributed by atoms with van der Waals surface area (Å²) in [5, 5.41) is 0. The molecule has 0 aliphatic rings. The van der Waals surface area contributed by atoms with Crippen LogP contribution in [0.1, 0.15) is 12.8 Å². The summed E-state index contributed by atoms with van der Waals surface area (Å²) in [6, 6.07) is 0. The van der Waals surface area contributed by atoms with E-state index in [1.165, 1.54) is 27.0 Å². The quantitative estimate of drug-likeness (QED) is 0.523. The first-order valence-electron chi connectivity index (χ1n) is 3.60. The zero-order chi connectivity index (χ0) is 8.74. The van der Waals surface area contributed by atoms with Gasteiger partial charge >= 0.3 is 81.3 Å². The van der Waals surface area contributed by atoms with E-state index in [0.29, 0.717) is 0 Å². The molecule has 2 radical (unpaired) electrons. The Morgan fingerprint density at radius 3 is 1.82 bits per heavy atom. The van der Waals surface area contributed by atoms with E-state index in [2.05, 4.69) is 0 Å². The molecule has 0 saturated heterocycles. The molecule has 0 rings (SSSR count). The van der Waals surface area contributed by atoms with Gasteiger partial charge in [0.2, 0.25) is 0 Å². The standard InChI is InChI=1S/C7H15O3.Sn.H/c1-5-6-7(8-2,9-3)10-4;;/h1,5-6H2,2-4H3;;. The Hall–Kier alpha value is 0.679. The summed E-state index contributed by atoms with van der Waals surface area (Å²) in [4.78, 5) is 0. The predicted octanol–water partition coefficient (Wildman–Crippen LogP) is 0.679. The van der Waals surface area contributed by atoms with Gasteiger partial charge in [-0.1, -0.05) is 0 Å². The predicted molar refractivity (Wildman–Crippen MR) is 44.9 cm³/mol. The number of rotatable bonds is 6. The molecule has 0 fully saturated rings. The fraction of sp³-hybridized carbons (Fsp3) is 1.00. The topological polar surface area (TPSA) is 27.7 Å². The van der Waals surface area contributed by atoms with E-state index in [0.717, 1.165) is 12.8 Å². The van der Waals surface area contributed by atoms with Crippen molar-refractivity contribution in [2.24, 2.45) is 0 Å². The van der Waals surface area contributed by atoms with Crippen molar-refractivity contribution in [2.45, 2.75) is 23.3 Å². The van der Waals surface area contributed by atoms with Gasteiger partial charge < -0.3 is 0 Å². The molecule has 0 unspecified atom stereocenters. The van der Waals surface area contributed by atoms with Crippen molar-refractivity contribution in [1.29, 1.82) is 0 Å². The van der Waals surface area contributed by atoms with Gasteiger partial charge in [0.1, 0.15) is 0 Å². The number of ether oxygens (including phenoxy) is 3. The van der Waals surface area contributed by atoms with Crippen LogP contribution in [0.5, 0.6) is 0 Å². The molecule has 0 atom stereocenters. The van der Waals surface area contributed by atoms with Crippen LogP contribution in [0.4, 0.5) is 0 Å². The Labute approximate surface area is 81.5 Å². The summed E-state index contributed by atoms with van der Waals surface area (Å²) in [5.41, 5.74) is 0. The van der Waals surface area contributed by atoms with Crippen LogP contribution in [-0.4, -0.2) is 49.8 Å². The van der Waals surface area contributed by atoms with Crippen LogP contribution in [0.2, 0.25) is 4.44 Å². The maximum absolute atomic E-state index is 5.11. The molecule has 11 heavy (non-hydrogen) atoms. The van der Waals surface area contributed by atoms with Gasteiger partial charge in [0.05, 0.1) is 0 Å². The van der Waals surface area contributed by atoms with Gasteiger partial charge in [-0.05, 0) is 0 Å². The van der Waals surface area contributed by atoms with Crippen molar-refractivity contribution in [1.82, 2.24) is 0 Å². The summed E-state index contributed by atoms with van der Waals surface area (Å²) in [7, 11) is 4.79. The molecule has 3 nitrogen and oxygen atoms in total. The van der Waals surface area contributed by atoms with Crippen molar-refractivity contribution in [3.05, 3.63) is 0 Å². The normalized spacial score (nSPS) is 12.0. The van der Waals surface area contributed by atoms with E-state index in [1.54, 1.807) is 21.3 Å². The van der Waals surface area contributed by atoms with Crippen LogP contribution in [0.25, 0.3) is 0 Å². The number of hydrogen-bond acceptors (Lipinski definition) is 3. The van der Waals surface area contributed by atoms with E-state index in [4.69, 9.17) is 14.2 Å². The molecule has 0 spiro atoms. The zero-order valence-electron chi connectivity index (χ0n) is 7.42. The van der Waals surface area contributed by atoms with E-state index < -0.39 is 5.97 Å². The molecule has 0 N–H and O–H groups in total. The Morgan fingerprint density at radius 1 is 1.09 bits per heavy atom. The van der Waals surface area contributed by atoms with Crippen LogP contribution in [0, 0.1) is 0 Å². The summed E-state index contributed by atoms with van der Waals surface area (Å²) < 4.78 is 16.6. The minimum absolute atomic E-state index is 0.803. The third kappa shape index (κ3) is 3.73. The average Bonchev–Trinajstić information content (AvgIpc) is 2.08. The monoisotopic (exact) mass is 268 g/mol. The molecule has 0 saturated carbocycles. The van der Waals surface area contributed by atoms with E-state index in [-0.39, 0.29) is 0 Å². The van der Waals surface area contributed by atoms with Crippen molar-refractivity contribution in [3.63, 3.8) is 0 Å². The van der Waals surface area contributed by atoms with Gasteiger partial charge in [-0.2, -0.15) is 0 Å². The summed E-state index contributed by atoms with van der Waals surface area (Å²) in [6.07, 6.45) is 1.90. The van der Waals surface area contributed by atoms with Crippen LogP contribution in [0.3, 0.4) is 0 Å². The third-order valence-electron chi connectivity index (χ3n) is 1.62. The number of methoxy groups -OCH3 is 3. The third-order valence-corrected chi connectivity index (χ3v) is 2.79. The first-order chi connectivity index (χ1) is 5.24. The summed E-state index contributed by atoms with van der Waals surface area (Å²) in [5.74, 6) is -0.803. The van der Waals surface area contributed by atoms with Crippen LogP contribution in [0.15, 0.2) is 0 Å². The maximum atomic E-state index is 5.11. The van der Waals surface area contributed by atoms with Crippen molar-refractivity contribution < 1.29 is 14.2 Å².